The number of cyclic esters (lactones) is 1. The number of rotatable bonds is 13. The summed E-state index contributed by atoms with van der Waals surface area (Å²) in [6.07, 6.45) is -7.72. The van der Waals surface area contributed by atoms with Gasteiger partial charge in [0.15, 0.2) is 6.29 Å². The van der Waals surface area contributed by atoms with Crippen molar-refractivity contribution in [3.8, 4) is 0 Å². The number of likely N-dealkylation sites (tertiary alicyclic amines) is 1. The number of hydrogen-bond acceptors (Lipinski definition) is 16. The van der Waals surface area contributed by atoms with Crippen LogP contribution in [0.1, 0.15) is 113 Å². The van der Waals surface area contributed by atoms with E-state index in [9.17, 15) is 39.6 Å². The van der Waals surface area contributed by atoms with Gasteiger partial charge in [-0.2, -0.15) is 0 Å². The molecule has 0 aliphatic carbocycles. The zero-order valence-electron chi connectivity index (χ0n) is 43.9. The summed E-state index contributed by atoms with van der Waals surface area (Å²) < 4.78 is 44.1. The molecule has 4 aliphatic heterocycles. The predicted octanol–water partition coefficient (Wildman–Crippen LogP) is 4.00. The van der Waals surface area contributed by atoms with Crippen LogP contribution in [0.25, 0.3) is 0 Å². The number of ketones is 1. The minimum Gasteiger partial charge on any atom is -0.459 e. The number of ether oxygens (including phenoxy) is 7. The van der Waals surface area contributed by atoms with Gasteiger partial charge in [-0.25, -0.2) is 4.79 Å². The van der Waals surface area contributed by atoms with Crippen LogP contribution in [-0.4, -0.2) is 179 Å². The van der Waals surface area contributed by atoms with Gasteiger partial charge in [-0.05, 0) is 85.3 Å². The first-order chi connectivity index (χ1) is 32.8. The second-order valence-electron chi connectivity index (χ2n) is 21.4. The van der Waals surface area contributed by atoms with Crippen molar-refractivity contribution in [1.82, 2.24) is 15.1 Å². The van der Waals surface area contributed by atoms with Gasteiger partial charge in [0, 0.05) is 64.1 Å². The average molecular weight is 992 g/mol. The Hall–Kier alpha value is -3.30. The molecule has 0 radical (unpaired) electrons. The number of aliphatic hydroxyl groups excluding tert-OH is 3. The quantitative estimate of drug-likeness (QED) is 0.176. The molecule has 18 nitrogen and oxygen atoms in total. The highest BCUT2D eigenvalue weighted by molar-refractivity contribution is 5.86. The average Bonchev–Trinajstić information content (AvgIpc) is 3.84. The summed E-state index contributed by atoms with van der Waals surface area (Å²) in [5.74, 6) is -5.51. The van der Waals surface area contributed by atoms with E-state index in [-0.39, 0.29) is 44.1 Å². The van der Waals surface area contributed by atoms with Crippen molar-refractivity contribution in [2.45, 2.75) is 198 Å². The lowest BCUT2D eigenvalue weighted by molar-refractivity contribution is -0.305. The third-order valence-electron chi connectivity index (χ3n) is 16.3. The highest BCUT2D eigenvalue weighted by Crippen LogP contribution is 2.46. The Kier molecular flexibility index (Phi) is 19.9. The number of hydrogen-bond donors (Lipinski definition) is 5. The van der Waals surface area contributed by atoms with Gasteiger partial charge in [0.1, 0.15) is 42.3 Å². The summed E-state index contributed by atoms with van der Waals surface area (Å²) in [5.41, 5.74) is -3.55. The molecule has 4 aliphatic rings. The maximum atomic E-state index is 14.6. The molecule has 5 rings (SSSR count). The third kappa shape index (κ3) is 12.7. The van der Waals surface area contributed by atoms with E-state index in [0.29, 0.717) is 32.4 Å². The van der Waals surface area contributed by atoms with E-state index in [1.165, 1.54) is 26.0 Å². The van der Waals surface area contributed by atoms with Crippen molar-refractivity contribution in [2.75, 3.05) is 40.9 Å². The number of esters is 1. The van der Waals surface area contributed by atoms with E-state index in [4.69, 9.17) is 33.2 Å². The Morgan fingerprint density at radius 1 is 0.914 bits per heavy atom. The van der Waals surface area contributed by atoms with Crippen molar-refractivity contribution >= 4 is 23.8 Å². The monoisotopic (exact) mass is 992 g/mol. The van der Waals surface area contributed by atoms with Crippen LogP contribution in [0.15, 0.2) is 30.3 Å². The molecule has 4 fully saturated rings. The molecule has 19 atom stereocenters. The van der Waals surface area contributed by atoms with Crippen LogP contribution >= 0.6 is 0 Å². The summed E-state index contributed by atoms with van der Waals surface area (Å²) >= 11 is 0. The van der Waals surface area contributed by atoms with Crippen LogP contribution < -0.4 is 5.32 Å². The van der Waals surface area contributed by atoms with Crippen LogP contribution in [0.5, 0.6) is 0 Å². The molecular weight excluding hydrogens is 907 g/mol. The normalized spacial score (nSPS) is 41.4. The minimum absolute atomic E-state index is 0.0697. The molecule has 0 saturated carbocycles. The molecule has 4 saturated heterocycles. The van der Waals surface area contributed by atoms with E-state index in [2.05, 4.69) is 5.32 Å². The number of benzene rings is 1. The molecule has 18 heteroatoms. The van der Waals surface area contributed by atoms with Gasteiger partial charge in [-0.3, -0.25) is 24.2 Å². The lowest BCUT2D eigenvalue weighted by Gasteiger charge is -2.52. The summed E-state index contributed by atoms with van der Waals surface area (Å²) in [6.45, 7) is 18.3. The van der Waals surface area contributed by atoms with Gasteiger partial charge < -0.3 is 58.9 Å². The number of methoxy groups -OCH3 is 2. The summed E-state index contributed by atoms with van der Waals surface area (Å²) in [7, 11) is 4.86. The zero-order valence-corrected chi connectivity index (χ0v) is 43.9. The Morgan fingerprint density at radius 3 is 2.20 bits per heavy atom. The lowest BCUT2D eigenvalue weighted by atomic mass is 9.67. The molecule has 0 aromatic heterocycles. The van der Waals surface area contributed by atoms with E-state index in [1.807, 2.05) is 56.1 Å². The molecule has 1 aromatic carbocycles. The summed E-state index contributed by atoms with van der Waals surface area (Å²) in [5, 5.41) is 50.0. The standard InChI is InChI=1S/C52H85N3O15/c1-14-39-52(10,63)43(58)33(6)41(56)29(2)26-51(9,65-13)45(31(4)40(32(5)47(61)69-39)38-27-50(8,64-12)44(59)34(7)68-38)70-48-42(57)37(25-30(3)67-48)54(11)24-22-53-46(60)36-21-18-23-55(36)49(62)66-28-35-19-16-15-17-20-35/h15-17,19-20,29-34,36-40,42-45,48,57-59,63H,14,18,21-28H2,1-13H3,(H,53,60)/t29-,30-,31+,32-,33+,34+,36+,37+,38-,39-,40?,42-,43-,44+,45-,48+,50-,51-,52-/m1/s1. The maximum Gasteiger partial charge on any atom is 0.410 e. The smallest absolute Gasteiger partial charge is 0.410 e. The van der Waals surface area contributed by atoms with Crippen LogP contribution in [0, 0.1) is 29.6 Å². The lowest BCUT2D eigenvalue weighted by Crippen LogP contribution is -2.62. The van der Waals surface area contributed by atoms with Crippen LogP contribution in [-0.2, 0) is 54.1 Å². The summed E-state index contributed by atoms with van der Waals surface area (Å²) in [4.78, 5) is 58.8. The van der Waals surface area contributed by atoms with Crippen LogP contribution in [0.2, 0.25) is 0 Å². The third-order valence-corrected chi connectivity index (χ3v) is 16.3. The number of aliphatic hydroxyl groups is 4. The van der Waals surface area contributed by atoms with Gasteiger partial charge in [0.05, 0.1) is 47.6 Å². The molecule has 0 spiro atoms. The molecule has 398 valence electrons. The van der Waals surface area contributed by atoms with Crippen LogP contribution in [0.4, 0.5) is 4.79 Å². The number of carbonyl (C=O) groups is 4. The van der Waals surface area contributed by atoms with Crippen molar-refractivity contribution in [3.05, 3.63) is 35.9 Å². The first-order valence-corrected chi connectivity index (χ1v) is 25.4. The Bertz CT molecular complexity index is 1890. The van der Waals surface area contributed by atoms with Crippen molar-refractivity contribution in [3.63, 3.8) is 0 Å². The van der Waals surface area contributed by atoms with Crippen molar-refractivity contribution in [1.29, 1.82) is 0 Å². The molecule has 4 heterocycles. The fourth-order valence-electron chi connectivity index (χ4n) is 11.8. The topological polar surface area (TPSA) is 232 Å². The van der Waals surface area contributed by atoms with Crippen molar-refractivity contribution in [2.24, 2.45) is 29.6 Å². The first-order valence-electron chi connectivity index (χ1n) is 25.4. The Morgan fingerprint density at radius 2 is 1.57 bits per heavy atom. The number of likely N-dealkylation sites (N-methyl/N-ethyl adjacent to an activating group) is 1. The highest BCUT2D eigenvalue weighted by atomic mass is 16.7. The largest absolute Gasteiger partial charge is 0.459 e. The van der Waals surface area contributed by atoms with E-state index in [1.54, 1.807) is 48.5 Å². The predicted molar refractivity (Wildman–Crippen MR) is 258 cm³/mol. The van der Waals surface area contributed by atoms with Crippen molar-refractivity contribution < 1.29 is 72.8 Å². The second kappa shape index (κ2) is 24.2. The number of amides is 2. The van der Waals surface area contributed by atoms with Crippen LogP contribution in [0.3, 0.4) is 0 Å². The number of Topliss-reactive ketones (excluding diaryl/α,β-unsaturated/α-hetero) is 1. The number of nitrogens with one attached hydrogen (secondary N) is 1. The number of carbonyl (C=O) groups excluding carboxylic acids is 4. The first kappa shape index (κ1) is 57.6. The van der Waals surface area contributed by atoms with Gasteiger partial charge >= 0.3 is 12.1 Å². The maximum absolute atomic E-state index is 14.6. The molecular formula is C52H85N3O15. The molecule has 2 amide bonds. The molecule has 70 heavy (non-hydrogen) atoms. The van der Waals surface area contributed by atoms with Gasteiger partial charge in [-0.15, -0.1) is 0 Å². The molecule has 0 bridgehead atoms. The summed E-state index contributed by atoms with van der Waals surface area (Å²) in [6, 6.07) is 8.16. The minimum atomic E-state index is -1.99. The SMILES string of the molecule is CC[C@H]1OC(=O)[C@H](C)C([C@H]2C[C@@](C)(OC)[C@@H](O)[C@H](C)O2)[C@H](C)[C@@H](O[C@@H]2O[C@H](C)C[C@H](N(C)CCNC(=O)[C@@H]3CCCN3C(=O)OCc3ccccc3)[C@H]2O)[C@](C)(OC)C[C@@H](C)C(=O)[C@H](C)[C@@H](O)[C@]1(C)O. The van der Waals surface area contributed by atoms with E-state index < -0.39 is 126 Å². The van der Waals surface area contributed by atoms with E-state index in [0.717, 1.165) is 5.56 Å². The Balaban J connectivity index is 1.42. The number of nitrogens with zero attached hydrogens (tertiary/aromatic N) is 2. The fraction of sp³-hybridized carbons (Fsp3) is 0.808. The van der Waals surface area contributed by atoms with Gasteiger partial charge in [0.2, 0.25) is 5.91 Å². The van der Waals surface area contributed by atoms with Gasteiger partial charge in [-0.1, -0.05) is 65.0 Å². The molecule has 1 unspecified atom stereocenters. The Labute approximate surface area is 415 Å². The fourth-order valence-corrected chi connectivity index (χ4v) is 11.8. The van der Waals surface area contributed by atoms with E-state index >= 15 is 0 Å². The molecule has 5 N–H and O–H groups in total. The zero-order chi connectivity index (χ0) is 52.0. The van der Waals surface area contributed by atoms with Gasteiger partial charge in [0.25, 0.3) is 0 Å². The second-order valence-corrected chi connectivity index (χ2v) is 21.4. The highest BCUT2D eigenvalue weighted by Gasteiger charge is 2.56. The molecule has 1 aromatic rings.